The number of carbonyl (C=O) groups is 1. The summed E-state index contributed by atoms with van der Waals surface area (Å²) < 4.78 is 5.66. The average molecular weight is 286 g/mol. The minimum atomic E-state index is -0.0211. The zero-order valence-electron chi connectivity index (χ0n) is 13.0. The fourth-order valence-corrected chi connectivity index (χ4v) is 1.92. The molecule has 1 aromatic carbocycles. The van der Waals surface area contributed by atoms with Crippen molar-refractivity contribution >= 4 is 5.91 Å². The van der Waals surface area contributed by atoms with Gasteiger partial charge in [0, 0.05) is 11.6 Å². The lowest BCUT2D eigenvalue weighted by Gasteiger charge is -2.16. The van der Waals surface area contributed by atoms with Crippen LogP contribution in [0, 0.1) is 12.8 Å². The van der Waals surface area contributed by atoms with E-state index >= 15 is 0 Å². The molecule has 0 aliphatic rings. The summed E-state index contributed by atoms with van der Waals surface area (Å²) >= 11 is 0. The van der Waals surface area contributed by atoms with Crippen molar-refractivity contribution in [3.8, 4) is 11.5 Å². The highest BCUT2D eigenvalue weighted by Gasteiger charge is 2.16. The van der Waals surface area contributed by atoms with Crippen molar-refractivity contribution in [3.63, 3.8) is 0 Å². The van der Waals surface area contributed by atoms with Crippen molar-refractivity contribution in [2.75, 3.05) is 0 Å². The minimum Gasteiger partial charge on any atom is -0.441 e. The smallest absolute Gasteiger partial charge is 0.226 e. The van der Waals surface area contributed by atoms with Crippen LogP contribution in [-0.4, -0.2) is 16.9 Å². The van der Waals surface area contributed by atoms with E-state index in [1.807, 2.05) is 44.2 Å². The molecule has 0 aliphatic heterocycles. The lowest BCUT2D eigenvalue weighted by atomic mass is 10.1. The van der Waals surface area contributed by atoms with Gasteiger partial charge in [-0.15, -0.1) is 0 Å². The molecule has 0 fully saturated rings. The third kappa shape index (κ3) is 3.94. The first kappa shape index (κ1) is 15.3. The van der Waals surface area contributed by atoms with Crippen molar-refractivity contribution in [3.05, 3.63) is 41.8 Å². The Morgan fingerprint density at radius 1 is 1.24 bits per heavy atom. The van der Waals surface area contributed by atoms with Gasteiger partial charge in [0.1, 0.15) is 5.76 Å². The Kier molecular flexibility index (Phi) is 4.78. The first-order chi connectivity index (χ1) is 9.97. The molecule has 2 rings (SSSR count). The number of hydrogen-bond acceptors (Lipinski definition) is 3. The molecule has 1 N–H and O–H groups in total. The lowest BCUT2D eigenvalue weighted by Crippen LogP contribution is -2.37. The molecule has 4 nitrogen and oxygen atoms in total. The maximum atomic E-state index is 12.0. The maximum absolute atomic E-state index is 12.0. The van der Waals surface area contributed by atoms with Crippen molar-refractivity contribution in [1.82, 2.24) is 10.3 Å². The number of amides is 1. The van der Waals surface area contributed by atoms with Gasteiger partial charge < -0.3 is 9.73 Å². The Bertz CT molecular complexity index is 603. The Balaban J connectivity index is 2.08. The molecule has 1 atom stereocenters. The van der Waals surface area contributed by atoms with Crippen LogP contribution < -0.4 is 5.32 Å². The largest absolute Gasteiger partial charge is 0.441 e. The predicted molar refractivity (Wildman–Crippen MR) is 82.8 cm³/mol. The summed E-state index contributed by atoms with van der Waals surface area (Å²) in [5.41, 5.74) is 1.62. The van der Waals surface area contributed by atoms with Crippen LogP contribution in [0.15, 0.2) is 34.7 Å². The second-order valence-corrected chi connectivity index (χ2v) is 5.66. The van der Waals surface area contributed by atoms with E-state index in [9.17, 15) is 4.79 Å². The molecule has 1 amide bonds. The number of oxazole rings is 1. The normalized spacial score (nSPS) is 12.4. The van der Waals surface area contributed by atoms with Gasteiger partial charge in [-0.1, -0.05) is 32.0 Å². The molecule has 4 heteroatoms. The highest BCUT2D eigenvalue weighted by atomic mass is 16.4. The summed E-state index contributed by atoms with van der Waals surface area (Å²) in [5, 5.41) is 2.98. The van der Waals surface area contributed by atoms with E-state index in [4.69, 9.17) is 4.42 Å². The fraction of sp³-hybridized carbons (Fsp3) is 0.412. The van der Waals surface area contributed by atoms with Crippen LogP contribution in [0.2, 0.25) is 0 Å². The molecule has 0 aliphatic carbocycles. The van der Waals surface area contributed by atoms with Crippen molar-refractivity contribution in [2.45, 2.75) is 40.2 Å². The summed E-state index contributed by atoms with van der Waals surface area (Å²) in [6.45, 7) is 8.02. The average Bonchev–Trinajstić information content (AvgIpc) is 2.81. The van der Waals surface area contributed by atoms with Crippen LogP contribution in [0.5, 0.6) is 0 Å². The van der Waals surface area contributed by atoms with Crippen molar-refractivity contribution < 1.29 is 9.21 Å². The van der Waals surface area contributed by atoms with Gasteiger partial charge >= 0.3 is 0 Å². The molecule has 112 valence electrons. The monoisotopic (exact) mass is 286 g/mol. The van der Waals surface area contributed by atoms with Gasteiger partial charge in [-0.3, -0.25) is 4.79 Å². The van der Waals surface area contributed by atoms with Crippen molar-refractivity contribution in [1.29, 1.82) is 0 Å². The SMILES string of the molecule is Cc1oc(-c2ccccc2)nc1CC(=O)NC(C)C(C)C. The van der Waals surface area contributed by atoms with Gasteiger partial charge in [0.2, 0.25) is 11.8 Å². The molecule has 21 heavy (non-hydrogen) atoms. The number of hydrogen-bond donors (Lipinski definition) is 1. The number of aryl methyl sites for hydroxylation is 1. The number of benzene rings is 1. The summed E-state index contributed by atoms with van der Waals surface area (Å²) in [6.07, 6.45) is 0.249. The summed E-state index contributed by atoms with van der Waals surface area (Å²) in [6, 6.07) is 9.85. The van der Waals surface area contributed by atoms with Gasteiger partial charge in [-0.25, -0.2) is 4.98 Å². The molecule has 2 aromatic rings. The highest BCUT2D eigenvalue weighted by Crippen LogP contribution is 2.21. The summed E-state index contributed by atoms with van der Waals surface area (Å²) in [5.74, 6) is 1.65. The predicted octanol–water partition coefficient (Wildman–Crippen LogP) is 3.35. The van der Waals surface area contributed by atoms with E-state index in [-0.39, 0.29) is 18.4 Å². The molecule has 0 spiro atoms. The number of nitrogens with zero attached hydrogens (tertiary/aromatic N) is 1. The first-order valence-electron chi connectivity index (χ1n) is 7.28. The zero-order chi connectivity index (χ0) is 15.4. The van der Waals surface area contributed by atoms with Gasteiger partial charge in [-0.2, -0.15) is 0 Å². The van der Waals surface area contributed by atoms with Crippen LogP contribution in [0.1, 0.15) is 32.2 Å². The fourth-order valence-electron chi connectivity index (χ4n) is 1.92. The lowest BCUT2D eigenvalue weighted by molar-refractivity contribution is -0.121. The minimum absolute atomic E-state index is 0.0211. The third-order valence-corrected chi connectivity index (χ3v) is 3.63. The molecule has 0 radical (unpaired) electrons. The van der Waals surface area contributed by atoms with E-state index in [0.29, 0.717) is 23.3 Å². The molecule has 0 saturated carbocycles. The Hall–Kier alpha value is -2.10. The van der Waals surface area contributed by atoms with E-state index in [1.165, 1.54) is 0 Å². The van der Waals surface area contributed by atoms with Crippen LogP contribution in [-0.2, 0) is 11.2 Å². The highest BCUT2D eigenvalue weighted by molar-refractivity contribution is 5.78. The Labute approximate surface area is 125 Å². The Morgan fingerprint density at radius 3 is 2.52 bits per heavy atom. The number of aromatic nitrogens is 1. The number of nitrogens with one attached hydrogen (secondary N) is 1. The van der Waals surface area contributed by atoms with Gasteiger partial charge in [-0.05, 0) is 31.9 Å². The van der Waals surface area contributed by atoms with Crippen LogP contribution in [0.4, 0.5) is 0 Å². The third-order valence-electron chi connectivity index (χ3n) is 3.63. The van der Waals surface area contributed by atoms with E-state index in [0.717, 1.165) is 5.56 Å². The van der Waals surface area contributed by atoms with E-state index in [1.54, 1.807) is 0 Å². The quantitative estimate of drug-likeness (QED) is 0.917. The zero-order valence-corrected chi connectivity index (χ0v) is 13.0. The van der Waals surface area contributed by atoms with Gasteiger partial charge in [0.15, 0.2) is 0 Å². The Morgan fingerprint density at radius 2 is 1.90 bits per heavy atom. The maximum Gasteiger partial charge on any atom is 0.226 e. The topological polar surface area (TPSA) is 55.1 Å². The standard InChI is InChI=1S/C17H22N2O2/c1-11(2)12(3)18-16(20)10-15-13(4)21-17(19-15)14-8-6-5-7-9-14/h5-9,11-12H,10H2,1-4H3,(H,18,20). The number of rotatable bonds is 5. The van der Waals surface area contributed by atoms with Crippen LogP contribution in [0.25, 0.3) is 11.5 Å². The van der Waals surface area contributed by atoms with Gasteiger partial charge in [0.05, 0.1) is 12.1 Å². The van der Waals surface area contributed by atoms with Crippen LogP contribution >= 0.6 is 0 Å². The summed E-state index contributed by atoms with van der Waals surface area (Å²) in [7, 11) is 0. The molecular weight excluding hydrogens is 264 g/mol. The molecule has 1 heterocycles. The van der Waals surface area contributed by atoms with Crippen LogP contribution in [0.3, 0.4) is 0 Å². The molecule has 0 saturated heterocycles. The second kappa shape index (κ2) is 6.57. The molecule has 1 unspecified atom stereocenters. The summed E-state index contributed by atoms with van der Waals surface area (Å²) in [4.78, 5) is 16.5. The van der Waals surface area contributed by atoms with E-state index < -0.39 is 0 Å². The second-order valence-electron chi connectivity index (χ2n) is 5.66. The van der Waals surface area contributed by atoms with Gasteiger partial charge in [0.25, 0.3) is 0 Å². The first-order valence-corrected chi connectivity index (χ1v) is 7.28. The van der Waals surface area contributed by atoms with Crippen molar-refractivity contribution in [2.24, 2.45) is 5.92 Å². The molecule has 1 aromatic heterocycles. The number of carbonyl (C=O) groups excluding carboxylic acids is 1. The van der Waals surface area contributed by atoms with E-state index in [2.05, 4.69) is 24.1 Å². The molecular formula is C17H22N2O2. The molecule has 0 bridgehead atoms.